The molecule has 1 fully saturated rings. The van der Waals surface area contributed by atoms with Crippen molar-refractivity contribution in [1.29, 1.82) is 0 Å². The van der Waals surface area contributed by atoms with Crippen molar-refractivity contribution in [2.75, 3.05) is 6.54 Å². The normalized spacial score (nSPS) is 25.9. The number of hydrogen-bond donors (Lipinski definition) is 2. The minimum Gasteiger partial charge on any atom is -0.330 e. The van der Waals surface area contributed by atoms with Gasteiger partial charge >= 0.3 is 0 Å². The number of aryl methyl sites for hydroxylation is 1. The highest BCUT2D eigenvalue weighted by Gasteiger charge is 2.24. The maximum absolute atomic E-state index is 5.69. The first-order chi connectivity index (χ1) is 7.83. The van der Waals surface area contributed by atoms with Gasteiger partial charge in [-0.25, -0.2) is 4.98 Å². The van der Waals surface area contributed by atoms with Crippen LogP contribution in [0.5, 0.6) is 0 Å². The summed E-state index contributed by atoms with van der Waals surface area (Å²) >= 11 is 0. The third-order valence-electron chi connectivity index (χ3n) is 3.58. The molecular formula is C12H22N4. The van der Waals surface area contributed by atoms with E-state index < -0.39 is 0 Å². The molecular weight excluding hydrogens is 200 g/mol. The molecule has 0 spiro atoms. The number of H-pyrrole nitrogens is 1. The third kappa shape index (κ3) is 2.61. The van der Waals surface area contributed by atoms with Gasteiger partial charge in [0.15, 0.2) is 5.82 Å². The summed E-state index contributed by atoms with van der Waals surface area (Å²) in [5, 5.41) is 7.39. The van der Waals surface area contributed by atoms with Crippen LogP contribution in [0.3, 0.4) is 0 Å². The van der Waals surface area contributed by atoms with Gasteiger partial charge in [0.1, 0.15) is 5.82 Å². The van der Waals surface area contributed by atoms with E-state index in [0.717, 1.165) is 37.0 Å². The summed E-state index contributed by atoms with van der Waals surface area (Å²) in [6.07, 6.45) is 6.99. The molecule has 1 heterocycles. The van der Waals surface area contributed by atoms with E-state index in [4.69, 9.17) is 5.73 Å². The second-order valence-corrected chi connectivity index (χ2v) is 4.84. The summed E-state index contributed by atoms with van der Waals surface area (Å²) in [5.74, 6) is 3.35. The molecule has 2 rings (SSSR count). The number of hydrogen-bond acceptors (Lipinski definition) is 3. The Morgan fingerprint density at radius 3 is 2.69 bits per heavy atom. The number of nitrogens with one attached hydrogen (secondary N) is 1. The minimum absolute atomic E-state index is 0.560. The highest BCUT2D eigenvalue weighted by atomic mass is 15.2. The van der Waals surface area contributed by atoms with Crippen LogP contribution in [0.4, 0.5) is 0 Å². The van der Waals surface area contributed by atoms with Crippen molar-refractivity contribution in [1.82, 2.24) is 15.2 Å². The molecule has 0 unspecified atom stereocenters. The van der Waals surface area contributed by atoms with Crippen LogP contribution in [0, 0.1) is 5.92 Å². The zero-order valence-corrected chi connectivity index (χ0v) is 10.1. The molecule has 1 aliphatic rings. The Labute approximate surface area is 97.0 Å². The van der Waals surface area contributed by atoms with Crippen molar-refractivity contribution < 1.29 is 0 Å². The summed E-state index contributed by atoms with van der Waals surface area (Å²) in [6, 6.07) is 0. The first kappa shape index (κ1) is 11.6. The number of nitrogens with zero attached hydrogens (tertiary/aromatic N) is 2. The lowest BCUT2D eigenvalue weighted by Crippen LogP contribution is -2.21. The molecule has 1 aromatic rings. The molecule has 0 aromatic carbocycles. The molecule has 0 radical (unpaired) electrons. The Morgan fingerprint density at radius 1 is 1.31 bits per heavy atom. The molecule has 1 saturated carbocycles. The molecule has 4 heteroatoms. The van der Waals surface area contributed by atoms with E-state index in [-0.39, 0.29) is 0 Å². The van der Waals surface area contributed by atoms with Crippen molar-refractivity contribution >= 4 is 0 Å². The van der Waals surface area contributed by atoms with Crippen LogP contribution in [-0.4, -0.2) is 21.7 Å². The van der Waals surface area contributed by atoms with Gasteiger partial charge in [0.05, 0.1) is 0 Å². The molecule has 90 valence electrons. The second kappa shape index (κ2) is 5.43. The van der Waals surface area contributed by atoms with Gasteiger partial charge in [-0.1, -0.05) is 6.92 Å². The van der Waals surface area contributed by atoms with Gasteiger partial charge < -0.3 is 5.73 Å². The average Bonchev–Trinajstić information content (AvgIpc) is 2.78. The van der Waals surface area contributed by atoms with Gasteiger partial charge in [-0.3, -0.25) is 5.10 Å². The first-order valence-electron chi connectivity index (χ1n) is 6.44. The molecule has 1 aliphatic carbocycles. The van der Waals surface area contributed by atoms with Crippen LogP contribution in [-0.2, 0) is 6.42 Å². The Balaban J connectivity index is 1.92. The summed E-state index contributed by atoms with van der Waals surface area (Å²) in [5.41, 5.74) is 5.69. The van der Waals surface area contributed by atoms with Gasteiger partial charge in [0, 0.05) is 12.3 Å². The Kier molecular flexibility index (Phi) is 3.93. The van der Waals surface area contributed by atoms with Crippen molar-refractivity contribution in [3.63, 3.8) is 0 Å². The maximum atomic E-state index is 5.69. The highest BCUT2D eigenvalue weighted by molar-refractivity contribution is 4.99. The van der Waals surface area contributed by atoms with Crippen LogP contribution in [0.15, 0.2) is 0 Å². The molecule has 16 heavy (non-hydrogen) atoms. The zero-order valence-electron chi connectivity index (χ0n) is 10.1. The predicted octanol–water partition coefficient (Wildman–Crippen LogP) is 1.99. The third-order valence-corrected chi connectivity index (χ3v) is 3.58. The van der Waals surface area contributed by atoms with Crippen molar-refractivity contribution in [2.24, 2.45) is 11.7 Å². The molecule has 0 bridgehead atoms. The van der Waals surface area contributed by atoms with E-state index in [2.05, 4.69) is 22.1 Å². The quantitative estimate of drug-likeness (QED) is 0.818. The van der Waals surface area contributed by atoms with Crippen LogP contribution in [0.1, 0.15) is 56.6 Å². The van der Waals surface area contributed by atoms with Crippen LogP contribution in [0.2, 0.25) is 0 Å². The maximum Gasteiger partial charge on any atom is 0.153 e. The predicted molar refractivity (Wildman–Crippen MR) is 64.1 cm³/mol. The first-order valence-corrected chi connectivity index (χ1v) is 6.44. The van der Waals surface area contributed by atoms with E-state index in [1.54, 1.807) is 0 Å². The van der Waals surface area contributed by atoms with E-state index in [0.29, 0.717) is 5.92 Å². The molecule has 0 atom stereocenters. The van der Waals surface area contributed by atoms with Crippen LogP contribution < -0.4 is 5.73 Å². The van der Waals surface area contributed by atoms with Gasteiger partial charge in [0.25, 0.3) is 0 Å². The number of aromatic amines is 1. The van der Waals surface area contributed by atoms with Gasteiger partial charge in [-0.05, 0) is 44.6 Å². The Morgan fingerprint density at radius 2 is 2.06 bits per heavy atom. The number of nitrogens with two attached hydrogens (primary N) is 1. The van der Waals surface area contributed by atoms with Crippen LogP contribution >= 0.6 is 0 Å². The zero-order chi connectivity index (χ0) is 11.4. The largest absolute Gasteiger partial charge is 0.330 e. The number of aromatic nitrogens is 3. The van der Waals surface area contributed by atoms with Crippen molar-refractivity contribution in [3.8, 4) is 0 Å². The Hall–Kier alpha value is -0.900. The van der Waals surface area contributed by atoms with Crippen LogP contribution in [0.25, 0.3) is 0 Å². The fourth-order valence-electron chi connectivity index (χ4n) is 2.50. The van der Waals surface area contributed by atoms with Crippen molar-refractivity contribution in [2.45, 2.75) is 51.4 Å². The minimum atomic E-state index is 0.560. The van der Waals surface area contributed by atoms with E-state index >= 15 is 0 Å². The van der Waals surface area contributed by atoms with E-state index in [1.807, 2.05) is 0 Å². The Bertz CT molecular complexity index is 313. The molecule has 3 N–H and O–H groups in total. The fraction of sp³-hybridized carbons (Fsp3) is 0.833. The van der Waals surface area contributed by atoms with Crippen molar-refractivity contribution in [3.05, 3.63) is 11.6 Å². The lowest BCUT2D eigenvalue weighted by Gasteiger charge is -2.25. The SMILES string of the molecule is CCCc1nc(C2CCC(CN)CC2)n[nH]1. The highest BCUT2D eigenvalue weighted by Crippen LogP contribution is 2.33. The van der Waals surface area contributed by atoms with E-state index in [9.17, 15) is 0 Å². The fourth-order valence-corrected chi connectivity index (χ4v) is 2.50. The molecule has 0 saturated heterocycles. The summed E-state index contributed by atoms with van der Waals surface area (Å²) in [6.45, 7) is 3.00. The molecule has 1 aromatic heterocycles. The summed E-state index contributed by atoms with van der Waals surface area (Å²) in [4.78, 5) is 4.58. The van der Waals surface area contributed by atoms with E-state index in [1.165, 1.54) is 25.7 Å². The van der Waals surface area contributed by atoms with Gasteiger partial charge in [0.2, 0.25) is 0 Å². The topological polar surface area (TPSA) is 67.6 Å². The van der Waals surface area contributed by atoms with Gasteiger partial charge in [-0.2, -0.15) is 5.10 Å². The average molecular weight is 222 g/mol. The summed E-state index contributed by atoms with van der Waals surface area (Å²) < 4.78 is 0. The monoisotopic (exact) mass is 222 g/mol. The standard InChI is InChI=1S/C12H22N4/c1-2-3-11-14-12(16-15-11)10-6-4-9(8-13)5-7-10/h9-10H,2-8,13H2,1H3,(H,14,15,16). The number of rotatable bonds is 4. The lowest BCUT2D eigenvalue weighted by molar-refractivity contribution is 0.326. The smallest absolute Gasteiger partial charge is 0.153 e. The van der Waals surface area contributed by atoms with Gasteiger partial charge in [-0.15, -0.1) is 0 Å². The molecule has 0 aliphatic heterocycles. The lowest BCUT2D eigenvalue weighted by atomic mass is 9.82. The second-order valence-electron chi connectivity index (χ2n) is 4.84. The summed E-state index contributed by atoms with van der Waals surface area (Å²) in [7, 11) is 0. The molecule has 4 nitrogen and oxygen atoms in total. The molecule has 0 amide bonds.